The van der Waals surface area contributed by atoms with Crippen LogP contribution in [0.15, 0.2) is 18.2 Å². The molecule has 21 heavy (non-hydrogen) atoms. The second kappa shape index (κ2) is 8.04. The first-order valence-electron chi connectivity index (χ1n) is 5.94. The standard InChI is InChI=1S/C12H13ClF3NO4/c13-7-9-6-10(17(18)19)2-3-11(9)21-5-1-4-20-8-12(14,15)16/h2-3,6H,1,4-5,7-8H2. The molecule has 0 aliphatic rings. The van der Waals surface area contributed by atoms with Gasteiger partial charge in [0.25, 0.3) is 5.69 Å². The summed E-state index contributed by atoms with van der Waals surface area (Å²) in [5, 5.41) is 10.6. The average molecular weight is 328 g/mol. The van der Waals surface area contributed by atoms with Crippen LogP contribution in [0, 0.1) is 10.1 Å². The number of alkyl halides is 4. The van der Waals surface area contributed by atoms with Gasteiger partial charge in [-0.3, -0.25) is 10.1 Å². The van der Waals surface area contributed by atoms with Gasteiger partial charge in [-0.15, -0.1) is 11.6 Å². The Morgan fingerprint density at radius 3 is 2.57 bits per heavy atom. The summed E-state index contributed by atoms with van der Waals surface area (Å²) in [5.74, 6) is 0.396. The average Bonchev–Trinajstić information content (AvgIpc) is 2.41. The Balaban J connectivity index is 2.40. The van der Waals surface area contributed by atoms with Crippen LogP contribution >= 0.6 is 11.6 Å². The van der Waals surface area contributed by atoms with Gasteiger partial charge in [0.1, 0.15) is 12.4 Å². The van der Waals surface area contributed by atoms with Gasteiger partial charge in [-0.25, -0.2) is 0 Å². The highest BCUT2D eigenvalue weighted by Gasteiger charge is 2.27. The van der Waals surface area contributed by atoms with Crippen LogP contribution in [-0.4, -0.2) is 30.9 Å². The molecule has 0 N–H and O–H groups in total. The van der Waals surface area contributed by atoms with Gasteiger partial charge in [0.15, 0.2) is 0 Å². The largest absolute Gasteiger partial charge is 0.493 e. The summed E-state index contributed by atoms with van der Waals surface area (Å²) >= 11 is 5.67. The van der Waals surface area contributed by atoms with Crippen molar-refractivity contribution >= 4 is 17.3 Å². The Bertz CT molecular complexity index is 482. The van der Waals surface area contributed by atoms with Crippen LogP contribution in [0.2, 0.25) is 0 Å². The summed E-state index contributed by atoms with van der Waals surface area (Å²) in [6.07, 6.45) is -4.08. The Kier molecular flexibility index (Phi) is 6.70. The van der Waals surface area contributed by atoms with Crippen LogP contribution in [0.4, 0.5) is 18.9 Å². The molecule has 0 amide bonds. The lowest BCUT2D eigenvalue weighted by Gasteiger charge is -2.10. The van der Waals surface area contributed by atoms with E-state index in [4.69, 9.17) is 16.3 Å². The highest BCUT2D eigenvalue weighted by molar-refractivity contribution is 6.17. The van der Waals surface area contributed by atoms with Crippen molar-refractivity contribution in [2.45, 2.75) is 18.5 Å². The van der Waals surface area contributed by atoms with Crippen LogP contribution in [-0.2, 0) is 10.6 Å². The van der Waals surface area contributed by atoms with Crippen molar-refractivity contribution in [3.05, 3.63) is 33.9 Å². The molecule has 9 heteroatoms. The summed E-state index contributed by atoms with van der Waals surface area (Å²) in [6, 6.07) is 3.97. The molecule has 0 fully saturated rings. The lowest BCUT2D eigenvalue weighted by molar-refractivity contribution is -0.384. The van der Waals surface area contributed by atoms with E-state index in [1.165, 1.54) is 18.2 Å². The van der Waals surface area contributed by atoms with E-state index in [2.05, 4.69) is 4.74 Å². The van der Waals surface area contributed by atoms with Gasteiger partial charge in [-0.05, 0) is 6.07 Å². The quantitative estimate of drug-likeness (QED) is 0.316. The number of benzene rings is 1. The minimum Gasteiger partial charge on any atom is -0.493 e. The van der Waals surface area contributed by atoms with Gasteiger partial charge in [0.2, 0.25) is 0 Å². The second-order valence-electron chi connectivity index (χ2n) is 4.05. The van der Waals surface area contributed by atoms with E-state index in [0.717, 1.165) is 0 Å². The Morgan fingerprint density at radius 1 is 1.29 bits per heavy atom. The summed E-state index contributed by atoms with van der Waals surface area (Å²) < 4.78 is 45.2. The van der Waals surface area contributed by atoms with Crippen molar-refractivity contribution < 1.29 is 27.6 Å². The molecule has 1 rings (SSSR count). The fourth-order valence-electron chi connectivity index (χ4n) is 1.46. The molecule has 0 aromatic heterocycles. The van der Waals surface area contributed by atoms with E-state index in [9.17, 15) is 23.3 Å². The number of nitro benzene ring substituents is 1. The van der Waals surface area contributed by atoms with Crippen molar-refractivity contribution in [2.24, 2.45) is 0 Å². The molecule has 0 unspecified atom stereocenters. The van der Waals surface area contributed by atoms with Crippen molar-refractivity contribution in [3.63, 3.8) is 0 Å². The normalized spacial score (nSPS) is 11.4. The van der Waals surface area contributed by atoms with E-state index in [0.29, 0.717) is 11.3 Å². The molecule has 0 aliphatic carbocycles. The third-order valence-corrected chi connectivity index (χ3v) is 2.64. The fraction of sp³-hybridized carbons (Fsp3) is 0.500. The maximum atomic E-state index is 11.8. The van der Waals surface area contributed by atoms with Crippen LogP contribution < -0.4 is 4.74 Å². The van der Waals surface area contributed by atoms with Crippen LogP contribution in [0.3, 0.4) is 0 Å². The molecule has 0 aliphatic heterocycles. The van der Waals surface area contributed by atoms with Gasteiger partial charge < -0.3 is 9.47 Å². The Hall–Kier alpha value is -1.54. The Labute approximate surface area is 123 Å². The van der Waals surface area contributed by atoms with Crippen LogP contribution in [0.25, 0.3) is 0 Å². The number of hydrogen-bond donors (Lipinski definition) is 0. The topological polar surface area (TPSA) is 61.6 Å². The number of ether oxygens (including phenoxy) is 2. The summed E-state index contributed by atoms with van der Waals surface area (Å²) in [4.78, 5) is 10.1. The summed E-state index contributed by atoms with van der Waals surface area (Å²) in [6.45, 7) is -1.26. The number of halogens is 4. The number of hydrogen-bond acceptors (Lipinski definition) is 4. The predicted molar refractivity (Wildman–Crippen MR) is 69.6 cm³/mol. The number of non-ortho nitro benzene ring substituents is 1. The van der Waals surface area contributed by atoms with E-state index < -0.39 is 17.7 Å². The number of nitro groups is 1. The van der Waals surface area contributed by atoms with Crippen molar-refractivity contribution in [1.29, 1.82) is 0 Å². The molecule has 1 aromatic carbocycles. The molecule has 0 atom stereocenters. The third-order valence-electron chi connectivity index (χ3n) is 2.36. The van der Waals surface area contributed by atoms with E-state index in [1.807, 2.05) is 0 Å². The van der Waals surface area contributed by atoms with Gasteiger partial charge >= 0.3 is 6.18 Å². The second-order valence-corrected chi connectivity index (χ2v) is 4.32. The molecule has 0 saturated carbocycles. The maximum absolute atomic E-state index is 11.8. The maximum Gasteiger partial charge on any atom is 0.411 e. The van der Waals surface area contributed by atoms with Crippen molar-refractivity contribution in [3.8, 4) is 5.75 Å². The molecule has 0 heterocycles. The van der Waals surface area contributed by atoms with E-state index >= 15 is 0 Å². The van der Waals surface area contributed by atoms with Gasteiger partial charge in [-0.1, -0.05) is 0 Å². The van der Waals surface area contributed by atoms with Crippen molar-refractivity contribution in [1.82, 2.24) is 0 Å². The third kappa shape index (κ3) is 6.63. The SMILES string of the molecule is O=[N+]([O-])c1ccc(OCCCOCC(F)(F)F)c(CCl)c1. The number of nitrogens with zero attached hydrogens (tertiary/aromatic N) is 1. The molecule has 118 valence electrons. The summed E-state index contributed by atoms with van der Waals surface area (Å²) in [7, 11) is 0. The fourth-order valence-corrected chi connectivity index (χ4v) is 1.66. The Morgan fingerprint density at radius 2 is 2.00 bits per heavy atom. The van der Waals surface area contributed by atoms with Crippen LogP contribution in [0.1, 0.15) is 12.0 Å². The smallest absolute Gasteiger partial charge is 0.411 e. The van der Waals surface area contributed by atoms with E-state index in [-0.39, 0.29) is 31.2 Å². The lowest BCUT2D eigenvalue weighted by Crippen LogP contribution is -2.18. The molecule has 0 bridgehead atoms. The molecule has 0 radical (unpaired) electrons. The first-order valence-corrected chi connectivity index (χ1v) is 6.47. The van der Waals surface area contributed by atoms with Gasteiger partial charge in [0.05, 0.1) is 24.0 Å². The summed E-state index contributed by atoms with van der Waals surface area (Å²) in [5.41, 5.74) is 0.341. The first kappa shape index (κ1) is 17.5. The number of rotatable bonds is 8. The van der Waals surface area contributed by atoms with Crippen molar-refractivity contribution in [2.75, 3.05) is 19.8 Å². The lowest BCUT2D eigenvalue weighted by atomic mass is 10.2. The molecule has 1 aromatic rings. The minimum atomic E-state index is -4.34. The van der Waals surface area contributed by atoms with Gasteiger partial charge in [-0.2, -0.15) is 13.2 Å². The molecular weight excluding hydrogens is 315 g/mol. The van der Waals surface area contributed by atoms with Gasteiger partial charge in [0, 0.05) is 24.1 Å². The molecular formula is C12H13ClF3NO4. The molecule has 0 saturated heterocycles. The molecule has 5 nitrogen and oxygen atoms in total. The minimum absolute atomic E-state index is 0.0294. The zero-order valence-corrected chi connectivity index (χ0v) is 11.6. The molecule has 0 spiro atoms. The monoisotopic (exact) mass is 327 g/mol. The zero-order chi connectivity index (χ0) is 15.9. The predicted octanol–water partition coefficient (Wildman–Crippen LogP) is 3.68. The van der Waals surface area contributed by atoms with E-state index in [1.54, 1.807) is 0 Å². The zero-order valence-electron chi connectivity index (χ0n) is 10.9. The highest BCUT2D eigenvalue weighted by Crippen LogP contribution is 2.25. The first-order chi connectivity index (χ1) is 9.83. The highest BCUT2D eigenvalue weighted by atomic mass is 35.5. The van der Waals surface area contributed by atoms with Crippen LogP contribution in [0.5, 0.6) is 5.75 Å².